The summed E-state index contributed by atoms with van der Waals surface area (Å²) in [6.07, 6.45) is 0. The van der Waals surface area contributed by atoms with Crippen molar-refractivity contribution < 1.29 is 23.7 Å². The Morgan fingerprint density at radius 3 is 2.50 bits per heavy atom. The van der Waals surface area contributed by atoms with Gasteiger partial charge in [-0.2, -0.15) is 0 Å². The van der Waals surface area contributed by atoms with Gasteiger partial charge in [0, 0.05) is 13.1 Å². The van der Waals surface area contributed by atoms with Crippen LogP contribution in [0.5, 0.6) is 11.5 Å². The monoisotopic (exact) mass is 433 g/mol. The molecule has 2 rings (SSSR count). The average Bonchev–Trinajstić information content (AvgIpc) is 2.65. The van der Waals surface area contributed by atoms with E-state index in [1.54, 1.807) is 12.1 Å². The fourth-order valence-electron chi connectivity index (χ4n) is 2.41. The predicted molar refractivity (Wildman–Crippen MR) is 110 cm³/mol. The van der Waals surface area contributed by atoms with Gasteiger partial charge >= 0.3 is 0 Å². The van der Waals surface area contributed by atoms with Crippen LogP contribution in [0, 0.1) is 5.82 Å². The van der Waals surface area contributed by atoms with Gasteiger partial charge in [-0.1, -0.05) is 23.7 Å². The van der Waals surface area contributed by atoms with Gasteiger partial charge in [0.1, 0.15) is 12.4 Å². The molecule has 0 heterocycles. The summed E-state index contributed by atoms with van der Waals surface area (Å²) in [5, 5.41) is 12.4. The number of halogens is 3. The highest BCUT2D eigenvalue weighted by Crippen LogP contribution is 2.37. The van der Waals surface area contributed by atoms with Gasteiger partial charge in [0.2, 0.25) is 0 Å². The number of aliphatic hydroxyl groups excluding tert-OH is 1. The maximum Gasteiger partial charge on any atom is 0.180 e. The summed E-state index contributed by atoms with van der Waals surface area (Å²) in [5.41, 5.74) is 1.79. The second kappa shape index (κ2) is 13.6. The van der Waals surface area contributed by atoms with Crippen molar-refractivity contribution in [3.63, 3.8) is 0 Å². The van der Waals surface area contributed by atoms with Gasteiger partial charge in [-0.25, -0.2) is 4.39 Å². The number of hydrogen-bond acceptors (Lipinski definition) is 5. The number of benzene rings is 2. The molecule has 0 radical (unpaired) electrons. The molecule has 0 aliphatic carbocycles. The Kier molecular flexibility index (Phi) is 11.9. The fraction of sp³-hybridized carbons (Fsp3) is 0.400. The van der Waals surface area contributed by atoms with Gasteiger partial charge in [0.05, 0.1) is 31.5 Å². The summed E-state index contributed by atoms with van der Waals surface area (Å²) >= 11 is 6.40. The normalized spacial score (nSPS) is 10.4. The summed E-state index contributed by atoms with van der Waals surface area (Å²) in [7, 11) is 0. The molecule has 2 aromatic carbocycles. The highest BCUT2D eigenvalue weighted by Gasteiger charge is 2.13. The third kappa shape index (κ3) is 8.20. The molecule has 0 unspecified atom stereocenters. The molecule has 0 aromatic heterocycles. The summed E-state index contributed by atoms with van der Waals surface area (Å²) in [4.78, 5) is 0. The van der Waals surface area contributed by atoms with E-state index in [2.05, 4.69) is 5.32 Å². The van der Waals surface area contributed by atoms with Crippen LogP contribution in [0.25, 0.3) is 0 Å². The van der Waals surface area contributed by atoms with Gasteiger partial charge in [-0.3, -0.25) is 0 Å². The van der Waals surface area contributed by atoms with E-state index >= 15 is 0 Å². The predicted octanol–water partition coefficient (Wildman–Crippen LogP) is 3.98. The zero-order valence-electron chi connectivity index (χ0n) is 15.7. The van der Waals surface area contributed by atoms with Crippen LogP contribution in [0.1, 0.15) is 18.1 Å². The van der Waals surface area contributed by atoms with Crippen LogP contribution in [0.4, 0.5) is 4.39 Å². The van der Waals surface area contributed by atoms with Crippen LogP contribution in [0.2, 0.25) is 5.02 Å². The van der Waals surface area contributed by atoms with Crippen LogP contribution < -0.4 is 14.8 Å². The molecule has 0 atom stereocenters. The first kappa shape index (κ1) is 24.5. The van der Waals surface area contributed by atoms with E-state index < -0.39 is 0 Å². The zero-order chi connectivity index (χ0) is 19.5. The Hall–Kier alpha value is -1.57. The Morgan fingerprint density at radius 2 is 1.82 bits per heavy atom. The fourth-order valence-corrected chi connectivity index (χ4v) is 2.69. The maximum absolute atomic E-state index is 13.0. The number of ether oxygens (including phenoxy) is 3. The highest BCUT2D eigenvalue weighted by molar-refractivity contribution is 6.32. The van der Waals surface area contributed by atoms with Crippen LogP contribution in [-0.4, -0.2) is 38.1 Å². The first-order chi connectivity index (χ1) is 13.1. The lowest BCUT2D eigenvalue weighted by Gasteiger charge is -2.16. The molecule has 2 N–H and O–H groups in total. The van der Waals surface area contributed by atoms with Crippen LogP contribution in [0.15, 0.2) is 36.4 Å². The second-order valence-electron chi connectivity index (χ2n) is 5.77. The first-order valence-corrected chi connectivity index (χ1v) is 9.23. The van der Waals surface area contributed by atoms with Gasteiger partial charge in [-0.15, -0.1) is 12.4 Å². The standard InChI is InChI=1S/C20H25ClFNO4.ClH/c1-2-26-19-12-16(13-23-7-9-25-10-8-24)11-18(21)20(19)27-14-15-3-5-17(22)6-4-15;/h3-6,11-12,23-24H,2,7-10,13-14H2,1H3;1H. The van der Waals surface area contributed by atoms with Crippen molar-refractivity contribution in [1.82, 2.24) is 5.32 Å². The van der Waals surface area contributed by atoms with E-state index in [-0.39, 0.29) is 31.4 Å². The molecule has 156 valence electrons. The molecule has 0 spiro atoms. The van der Waals surface area contributed by atoms with Crippen molar-refractivity contribution in [3.8, 4) is 11.5 Å². The zero-order valence-corrected chi connectivity index (χ0v) is 17.3. The van der Waals surface area contributed by atoms with Crippen molar-refractivity contribution in [2.24, 2.45) is 0 Å². The number of hydrogen-bond donors (Lipinski definition) is 2. The lowest BCUT2D eigenvalue weighted by molar-refractivity contribution is 0.0938. The molecule has 0 amide bonds. The van der Waals surface area contributed by atoms with Crippen molar-refractivity contribution in [2.75, 3.05) is 33.0 Å². The quantitative estimate of drug-likeness (QED) is 0.495. The minimum Gasteiger partial charge on any atom is -0.490 e. The van der Waals surface area contributed by atoms with E-state index in [1.807, 2.05) is 19.1 Å². The van der Waals surface area contributed by atoms with Crippen LogP contribution in [0.3, 0.4) is 0 Å². The molecular formula is C20H26Cl2FNO4. The molecule has 28 heavy (non-hydrogen) atoms. The summed E-state index contributed by atoms with van der Waals surface area (Å²) in [6.45, 7) is 4.77. The first-order valence-electron chi connectivity index (χ1n) is 8.85. The molecule has 2 aromatic rings. The van der Waals surface area contributed by atoms with E-state index in [1.165, 1.54) is 12.1 Å². The Morgan fingerprint density at radius 1 is 1.07 bits per heavy atom. The van der Waals surface area contributed by atoms with Crippen LogP contribution in [-0.2, 0) is 17.9 Å². The van der Waals surface area contributed by atoms with E-state index in [0.717, 1.165) is 11.1 Å². The van der Waals surface area contributed by atoms with Crippen molar-refractivity contribution in [2.45, 2.75) is 20.1 Å². The second-order valence-corrected chi connectivity index (χ2v) is 6.17. The molecule has 0 saturated carbocycles. The van der Waals surface area contributed by atoms with Gasteiger partial charge in [0.25, 0.3) is 0 Å². The average molecular weight is 434 g/mol. The lowest BCUT2D eigenvalue weighted by Crippen LogP contribution is -2.20. The molecule has 0 saturated heterocycles. The molecule has 0 aliphatic heterocycles. The van der Waals surface area contributed by atoms with Gasteiger partial charge < -0.3 is 24.6 Å². The molecule has 0 fully saturated rings. The third-order valence-electron chi connectivity index (χ3n) is 3.65. The molecule has 8 heteroatoms. The minimum absolute atomic E-state index is 0. The SMILES string of the molecule is CCOc1cc(CNCCOCCO)cc(Cl)c1OCc1ccc(F)cc1.Cl. The van der Waals surface area contributed by atoms with Crippen LogP contribution >= 0.6 is 24.0 Å². The largest absolute Gasteiger partial charge is 0.490 e. The smallest absolute Gasteiger partial charge is 0.180 e. The van der Waals surface area contributed by atoms with Gasteiger partial charge in [-0.05, 0) is 42.3 Å². The van der Waals surface area contributed by atoms with Gasteiger partial charge in [0.15, 0.2) is 11.5 Å². The Bertz CT molecular complexity index is 701. The van der Waals surface area contributed by atoms with Crippen molar-refractivity contribution >= 4 is 24.0 Å². The number of aliphatic hydroxyl groups is 1. The Balaban J connectivity index is 0.00000392. The van der Waals surface area contributed by atoms with E-state index in [9.17, 15) is 4.39 Å². The topological polar surface area (TPSA) is 60.0 Å². The lowest BCUT2D eigenvalue weighted by atomic mass is 10.2. The third-order valence-corrected chi connectivity index (χ3v) is 3.93. The van der Waals surface area contributed by atoms with E-state index in [0.29, 0.717) is 49.4 Å². The summed E-state index contributed by atoms with van der Waals surface area (Å²) in [5.74, 6) is 0.753. The molecule has 0 aliphatic rings. The number of nitrogens with one attached hydrogen (secondary N) is 1. The molecule has 5 nitrogen and oxygen atoms in total. The maximum atomic E-state index is 13.0. The summed E-state index contributed by atoms with van der Waals surface area (Å²) < 4.78 is 29.7. The molecular weight excluding hydrogens is 408 g/mol. The summed E-state index contributed by atoms with van der Waals surface area (Å²) in [6, 6.07) is 9.83. The Labute approximate surface area is 176 Å². The van der Waals surface area contributed by atoms with Crippen molar-refractivity contribution in [1.29, 1.82) is 0 Å². The highest BCUT2D eigenvalue weighted by atomic mass is 35.5. The molecule has 0 bridgehead atoms. The van der Waals surface area contributed by atoms with Crippen molar-refractivity contribution in [3.05, 3.63) is 58.4 Å². The minimum atomic E-state index is -0.287. The van der Waals surface area contributed by atoms with E-state index in [4.69, 9.17) is 30.9 Å². The number of rotatable bonds is 12.